The summed E-state index contributed by atoms with van der Waals surface area (Å²) in [6.45, 7) is 3.24. The molecule has 1 saturated carbocycles. The molecule has 3 atom stereocenters. The molecule has 36 heavy (non-hydrogen) atoms. The van der Waals surface area contributed by atoms with E-state index in [-0.39, 0.29) is 17.7 Å². The average Bonchev–Trinajstić information content (AvgIpc) is 3.61. The van der Waals surface area contributed by atoms with E-state index in [1.54, 1.807) is 6.07 Å². The molecule has 0 spiro atoms. The lowest BCUT2D eigenvalue weighted by Crippen LogP contribution is -2.71. The van der Waals surface area contributed by atoms with Crippen LogP contribution in [0, 0.1) is 5.92 Å². The molecule has 188 valence electrons. The summed E-state index contributed by atoms with van der Waals surface area (Å²) in [6.07, 6.45) is 5.92. The molecule has 3 unspecified atom stereocenters. The third kappa shape index (κ3) is 3.41. The highest BCUT2D eigenvalue weighted by molar-refractivity contribution is 5.84. The van der Waals surface area contributed by atoms with E-state index in [4.69, 9.17) is 0 Å². The highest BCUT2D eigenvalue weighted by Gasteiger charge is 2.63. The molecular formula is C30H35N3O3. The molecule has 2 saturated heterocycles. The second-order valence-electron chi connectivity index (χ2n) is 11.7. The molecule has 7 rings (SSSR count). The predicted molar refractivity (Wildman–Crippen MR) is 139 cm³/mol. The maximum absolute atomic E-state index is 13.5. The van der Waals surface area contributed by atoms with Crippen LogP contribution >= 0.6 is 0 Å². The number of piperidine rings is 1. The van der Waals surface area contributed by atoms with Gasteiger partial charge in [0.25, 0.3) is 0 Å². The van der Waals surface area contributed by atoms with Crippen LogP contribution in [-0.4, -0.2) is 68.7 Å². The van der Waals surface area contributed by atoms with Gasteiger partial charge in [-0.05, 0) is 91.8 Å². The molecule has 2 bridgehead atoms. The van der Waals surface area contributed by atoms with E-state index in [1.807, 2.05) is 29.2 Å². The number of nitrogens with zero attached hydrogens (tertiary/aromatic N) is 2. The first-order valence-electron chi connectivity index (χ1n) is 13.6. The van der Waals surface area contributed by atoms with E-state index in [0.29, 0.717) is 25.9 Å². The maximum atomic E-state index is 13.5. The van der Waals surface area contributed by atoms with E-state index in [2.05, 4.69) is 28.1 Å². The number of carbonyl (C=O) groups excluding carboxylic acids is 1. The second kappa shape index (κ2) is 8.09. The standard InChI is InChI=1S/C30H35N3O3/c34-24-8-7-21-16-27-30(36)11-14-32(28(35)17-23-15-22-3-1-2-4-26(22)31-23)12-9-29(30,25(21)18-24)10-13-33(27)19-20-5-6-20/h1-4,7-8,15,18,20,27,31,34,36H,5-6,9-14,16-17,19H2. The fourth-order valence-corrected chi connectivity index (χ4v) is 7.62. The number of amides is 1. The minimum Gasteiger partial charge on any atom is -0.508 e. The van der Waals surface area contributed by atoms with Gasteiger partial charge in [-0.3, -0.25) is 9.69 Å². The van der Waals surface area contributed by atoms with E-state index in [0.717, 1.165) is 60.4 Å². The molecule has 2 aromatic carbocycles. The van der Waals surface area contributed by atoms with Gasteiger partial charge >= 0.3 is 0 Å². The van der Waals surface area contributed by atoms with Gasteiger partial charge in [0, 0.05) is 42.3 Å². The molecule has 6 nitrogen and oxygen atoms in total. The largest absolute Gasteiger partial charge is 0.508 e. The average molecular weight is 486 g/mol. The van der Waals surface area contributed by atoms with Crippen LogP contribution in [0.15, 0.2) is 48.5 Å². The first-order chi connectivity index (χ1) is 17.4. The van der Waals surface area contributed by atoms with Crippen LogP contribution in [0.25, 0.3) is 10.9 Å². The van der Waals surface area contributed by atoms with Crippen LogP contribution in [0.4, 0.5) is 0 Å². The number of phenols is 1. The number of H-pyrrole nitrogens is 1. The van der Waals surface area contributed by atoms with Crippen molar-refractivity contribution in [1.29, 1.82) is 0 Å². The molecule has 2 aliphatic heterocycles. The molecular weight excluding hydrogens is 450 g/mol. The number of para-hydroxylation sites is 1. The minimum absolute atomic E-state index is 0.0626. The fourth-order valence-electron chi connectivity index (χ4n) is 7.62. The Morgan fingerprint density at radius 2 is 1.83 bits per heavy atom. The van der Waals surface area contributed by atoms with Gasteiger partial charge < -0.3 is 20.1 Å². The highest BCUT2D eigenvalue weighted by Crippen LogP contribution is 2.56. The van der Waals surface area contributed by atoms with Crippen LogP contribution in [-0.2, 0) is 23.1 Å². The number of benzene rings is 2. The number of likely N-dealkylation sites (tertiary alicyclic amines) is 2. The third-order valence-corrected chi connectivity index (χ3v) is 9.71. The highest BCUT2D eigenvalue weighted by atomic mass is 16.3. The van der Waals surface area contributed by atoms with Gasteiger partial charge in [-0.15, -0.1) is 0 Å². The Kier molecular flexibility index (Phi) is 5.03. The fraction of sp³-hybridized carbons (Fsp3) is 0.500. The summed E-state index contributed by atoms with van der Waals surface area (Å²) >= 11 is 0. The summed E-state index contributed by atoms with van der Waals surface area (Å²) in [5.41, 5.74) is 3.01. The van der Waals surface area contributed by atoms with Crippen molar-refractivity contribution in [1.82, 2.24) is 14.8 Å². The van der Waals surface area contributed by atoms with Gasteiger partial charge in [0.1, 0.15) is 5.75 Å². The number of aromatic amines is 1. The first kappa shape index (κ1) is 22.4. The summed E-state index contributed by atoms with van der Waals surface area (Å²) in [7, 11) is 0. The van der Waals surface area contributed by atoms with E-state index >= 15 is 0 Å². The molecule has 6 heteroatoms. The van der Waals surface area contributed by atoms with Gasteiger partial charge in [-0.1, -0.05) is 24.3 Å². The summed E-state index contributed by atoms with van der Waals surface area (Å²) in [5.74, 6) is 1.14. The molecule has 3 N–H and O–H groups in total. The molecule has 4 aliphatic rings. The molecule has 2 aliphatic carbocycles. The lowest BCUT2D eigenvalue weighted by molar-refractivity contribution is -0.149. The Hall–Kier alpha value is -2.83. The number of phenolic OH excluding ortho intramolecular Hbond substituents is 1. The van der Waals surface area contributed by atoms with Gasteiger partial charge in [0.15, 0.2) is 0 Å². The third-order valence-electron chi connectivity index (χ3n) is 9.71. The summed E-state index contributed by atoms with van der Waals surface area (Å²) in [5, 5.41) is 24.1. The normalized spacial score (nSPS) is 30.0. The van der Waals surface area contributed by atoms with Crippen LogP contribution in [0.5, 0.6) is 5.75 Å². The van der Waals surface area contributed by atoms with Crippen LogP contribution < -0.4 is 0 Å². The molecule has 3 fully saturated rings. The number of nitrogens with one attached hydrogen (secondary N) is 1. The topological polar surface area (TPSA) is 79.8 Å². The lowest BCUT2D eigenvalue weighted by Gasteiger charge is -2.61. The zero-order valence-electron chi connectivity index (χ0n) is 20.7. The first-order valence-corrected chi connectivity index (χ1v) is 13.6. The molecule has 1 aromatic heterocycles. The number of fused-ring (bicyclic) bond motifs is 2. The van der Waals surface area contributed by atoms with Crippen molar-refractivity contribution in [3.8, 4) is 5.75 Å². The number of aromatic nitrogens is 1. The molecule has 3 heterocycles. The zero-order valence-corrected chi connectivity index (χ0v) is 20.7. The summed E-state index contributed by atoms with van der Waals surface area (Å²) in [6, 6.07) is 16.0. The Morgan fingerprint density at radius 3 is 2.67 bits per heavy atom. The number of hydrogen-bond donors (Lipinski definition) is 3. The van der Waals surface area contributed by atoms with Crippen LogP contribution in [0.2, 0.25) is 0 Å². The van der Waals surface area contributed by atoms with Crippen LogP contribution in [0.3, 0.4) is 0 Å². The van der Waals surface area contributed by atoms with Crippen molar-refractivity contribution in [2.75, 3.05) is 26.2 Å². The van der Waals surface area contributed by atoms with Crippen molar-refractivity contribution >= 4 is 16.8 Å². The summed E-state index contributed by atoms with van der Waals surface area (Å²) < 4.78 is 0. The Bertz CT molecular complexity index is 1300. The van der Waals surface area contributed by atoms with Gasteiger partial charge in [-0.25, -0.2) is 0 Å². The lowest BCUT2D eigenvalue weighted by atomic mass is 9.52. The Morgan fingerprint density at radius 1 is 1.03 bits per heavy atom. The van der Waals surface area contributed by atoms with Crippen molar-refractivity contribution in [3.63, 3.8) is 0 Å². The van der Waals surface area contributed by atoms with E-state index < -0.39 is 11.0 Å². The van der Waals surface area contributed by atoms with Gasteiger partial charge in [0.2, 0.25) is 5.91 Å². The zero-order chi connectivity index (χ0) is 24.5. The van der Waals surface area contributed by atoms with Crippen LogP contribution in [0.1, 0.15) is 48.9 Å². The van der Waals surface area contributed by atoms with E-state index in [9.17, 15) is 15.0 Å². The smallest absolute Gasteiger partial charge is 0.228 e. The molecule has 1 amide bonds. The number of carbonyl (C=O) groups is 1. The van der Waals surface area contributed by atoms with E-state index in [1.165, 1.54) is 18.4 Å². The van der Waals surface area contributed by atoms with Crippen molar-refractivity contribution in [2.24, 2.45) is 5.92 Å². The predicted octanol–water partition coefficient (Wildman–Crippen LogP) is 3.75. The minimum atomic E-state index is -0.906. The molecule has 0 radical (unpaired) electrons. The SMILES string of the molecule is O=C(Cc1cc2ccccc2[nH]1)N1CCC23CCN(CC4CC4)C(Cc4ccc(O)cc42)C3(O)CC1. The summed E-state index contributed by atoms with van der Waals surface area (Å²) in [4.78, 5) is 21.4. The second-order valence-corrected chi connectivity index (χ2v) is 11.7. The van der Waals surface area contributed by atoms with Gasteiger partial charge in [-0.2, -0.15) is 0 Å². The van der Waals surface area contributed by atoms with Gasteiger partial charge in [0.05, 0.1) is 12.0 Å². The maximum Gasteiger partial charge on any atom is 0.228 e. The number of rotatable bonds is 4. The molecule has 3 aromatic rings. The van der Waals surface area contributed by atoms with Crippen molar-refractivity contribution in [2.45, 2.75) is 62.0 Å². The number of hydrogen-bond acceptors (Lipinski definition) is 4. The quantitative estimate of drug-likeness (QED) is 0.526. The monoisotopic (exact) mass is 485 g/mol. The number of aliphatic hydroxyl groups is 1. The Balaban J connectivity index is 1.20. The van der Waals surface area contributed by atoms with Crippen molar-refractivity contribution < 1.29 is 15.0 Å². The number of aromatic hydroxyl groups is 1. The van der Waals surface area contributed by atoms with Crippen molar-refractivity contribution in [3.05, 3.63) is 65.4 Å². The Labute approximate surface area is 211 Å².